The molecular weight excluding hydrogens is 368 g/mol. The van der Waals surface area contributed by atoms with Crippen LogP contribution in [0.4, 0.5) is 4.79 Å². The lowest BCUT2D eigenvalue weighted by atomic mass is 9.92. The molecule has 1 heterocycles. The summed E-state index contributed by atoms with van der Waals surface area (Å²) in [4.78, 5) is 39.1. The van der Waals surface area contributed by atoms with Gasteiger partial charge in [0.15, 0.2) is 0 Å². The first-order valence-corrected chi connectivity index (χ1v) is 9.13. The van der Waals surface area contributed by atoms with Gasteiger partial charge >= 0.3 is 6.03 Å². The van der Waals surface area contributed by atoms with E-state index in [1.807, 2.05) is 31.2 Å². The second-order valence-electron chi connectivity index (χ2n) is 7.83. The predicted molar refractivity (Wildman–Crippen MR) is 102 cm³/mol. The van der Waals surface area contributed by atoms with Gasteiger partial charge in [0.2, 0.25) is 5.91 Å². The van der Waals surface area contributed by atoms with Gasteiger partial charge in [-0.3, -0.25) is 14.5 Å². The van der Waals surface area contributed by atoms with Crippen molar-refractivity contribution < 1.29 is 14.4 Å². The fourth-order valence-electron chi connectivity index (χ4n) is 4.28. The Morgan fingerprint density at radius 1 is 1.37 bits per heavy atom. The molecule has 1 spiro atoms. The monoisotopic (exact) mass is 392 g/mol. The van der Waals surface area contributed by atoms with Gasteiger partial charge in [0, 0.05) is 6.54 Å². The molecule has 1 aromatic rings. The number of carbonyl (C=O) groups is 3. The normalized spacial score (nSPS) is 25.6. The summed E-state index contributed by atoms with van der Waals surface area (Å²) < 4.78 is 0. The quantitative estimate of drug-likeness (QED) is 0.651. The number of nitrogens with one attached hydrogen (secondary N) is 2. The molecule has 1 aromatic carbocycles. The van der Waals surface area contributed by atoms with Crippen LogP contribution in [0, 0.1) is 5.92 Å². The zero-order valence-corrected chi connectivity index (χ0v) is 16.1. The SMILES string of the molecule is CC(CN)(NC(=O)CN1C(=O)NC2(CCc3ccccc32)C1=O)C1CC1.Cl. The lowest BCUT2D eigenvalue weighted by molar-refractivity contribution is -0.135. The van der Waals surface area contributed by atoms with Crippen molar-refractivity contribution in [2.45, 2.75) is 43.7 Å². The van der Waals surface area contributed by atoms with Crippen LogP contribution in [-0.2, 0) is 21.5 Å². The van der Waals surface area contributed by atoms with Crippen LogP contribution >= 0.6 is 12.4 Å². The van der Waals surface area contributed by atoms with Gasteiger partial charge in [-0.1, -0.05) is 24.3 Å². The van der Waals surface area contributed by atoms with Crippen LogP contribution in [0.25, 0.3) is 0 Å². The van der Waals surface area contributed by atoms with Gasteiger partial charge in [0.25, 0.3) is 5.91 Å². The highest BCUT2D eigenvalue weighted by atomic mass is 35.5. The van der Waals surface area contributed by atoms with Crippen molar-refractivity contribution in [1.82, 2.24) is 15.5 Å². The number of nitrogens with two attached hydrogens (primary N) is 1. The van der Waals surface area contributed by atoms with Crippen molar-refractivity contribution in [3.63, 3.8) is 0 Å². The lowest BCUT2D eigenvalue weighted by Crippen LogP contribution is -2.56. The third-order valence-corrected chi connectivity index (χ3v) is 6.05. The number of urea groups is 1. The number of nitrogens with zero attached hydrogens (tertiary/aromatic N) is 1. The number of amides is 4. The molecule has 1 aliphatic heterocycles. The zero-order chi connectivity index (χ0) is 18.5. The summed E-state index contributed by atoms with van der Waals surface area (Å²) in [5.41, 5.74) is 6.23. The molecule has 2 atom stereocenters. The smallest absolute Gasteiger partial charge is 0.325 e. The number of halogens is 1. The molecule has 3 aliphatic rings. The first-order valence-electron chi connectivity index (χ1n) is 9.13. The van der Waals surface area contributed by atoms with Crippen LogP contribution < -0.4 is 16.4 Å². The van der Waals surface area contributed by atoms with Crippen LogP contribution in [0.5, 0.6) is 0 Å². The molecule has 4 rings (SSSR count). The maximum atomic E-state index is 13.1. The number of aryl methyl sites for hydroxylation is 1. The fraction of sp³-hybridized carbons (Fsp3) is 0.526. The van der Waals surface area contributed by atoms with E-state index < -0.39 is 17.1 Å². The topological polar surface area (TPSA) is 105 Å². The van der Waals surface area contributed by atoms with E-state index in [4.69, 9.17) is 5.73 Å². The average molecular weight is 393 g/mol. The molecule has 1 saturated heterocycles. The molecule has 1 saturated carbocycles. The molecule has 2 fully saturated rings. The average Bonchev–Trinajstić information content (AvgIpc) is 3.39. The van der Waals surface area contributed by atoms with Crippen molar-refractivity contribution in [2.24, 2.45) is 11.7 Å². The summed E-state index contributed by atoms with van der Waals surface area (Å²) in [6, 6.07) is 7.13. The molecule has 2 aliphatic carbocycles. The number of carbonyl (C=O) groups excluding carboxylic acids is 3. The van der Waals surface area contributed by atoms with Crippen LogP contribution in [0.3, 0.4) is 0 Å². The van der Waals surface area contributed by atoms with E-state index in [1.165, 1.54) is 0 Å². The van der Waals surface area contributed by atoms with Crippen molar-refractivity contribution in [3.8, 4) is 0 Å². The van der Waals surface area contributed by atoms with Gasteiger partial charge in [0.1, 0.15) is 12.1 Å². The van der Waals surface area contributed by atoms with E-state index in [0.717, 1.165) is 35.3 Å². The number of rotatable bonds is 5. The molecule has 0 aromatic heterocycles. The highest BCUT2D eigenvalue weighted by molar-refractivity contribution is 6.10. The first kappa shape index (κ1) is 19.6. The van der Waals surface area contributed by atoms with Gasteiger partial charge in [-0.2, -0.15) is 0 Å². The zero-order valence-electron chi connectivity index (χ0n) is 15.3. The highest BCUT2D eigenvalue weighted by Crippen LogP contribution is 2.41. The van der Waals surface area contributed by atoms with Gasteiger partial charge in [-0.05, 0) is 49.7 Å². The van der Waals surface area contributed by atoms with Gasteiger partial charge in [-0.25, -0.2) is 4.79 Å². The lowest BCUT2D eigenvalue weighted by Gasteiger charge is -2.30. The predicted octanol–water partition coefficient (Wildman–Crippen LogP) is 1.05. The van der Waals surface area contributed by atoms with Crippen molar-refractivity contribution in [1.29, 1.82) is 0 Å². The number of hydrogen-bond donors (Lipinski definition) is 3. The molecule has 8 heteroatoms. The van der Waals surface area contributed by atoms with E-state index >= 15 is 0 Å². The van der Waals surface area contributed by atoms with Crippen molar-refractivity contribution >= 4 is 30.3 Å². The second-order valence-corrected chi connectivity index (χ2v) is 7.83. The Labute approximate surface area is 164 Å². The highest BCUT2D eigenvalue weighted by Gasteiger charge is 2.55. The Bertz CT molecular complexity index is 797. The summed E-state index contributed by atoms with van der Waals surface area (Å²) in [6.45, 7) is 1.97. The molecule has 4 N–H and O–H groups in total. The van der Waals surface area contributed by atoms with E-state index in [9.17, 15) is 14.4 Å². The summed E-state index contributed by atoms with van der Waals surface area (Å²) in [5, 5.41) is 5.77. The summed E-state index contributed by atoms with van der Waals surface area (Å²) in [5.74, 6) is -0.326. The molecule has 0 bridgehead atoms. The molecule has 7 nitrogen and oxygen atoms in total. The Kier molecular flexibility index (Phi) is 4.94. The molecule has 0 radical (unpaired) electrons. The third kappa shape index (κ3) is 3.08. The van der Waals surface area contributed by atoms with Crippen LogP contribution in [0.1, 0.15) is 37.3 Å². The summed E-state index contributed by atoms with van der Waals surface area (Å²) >= 11 is 0. The summed E-state index contributed by atoms with van der Waals surface area (Å²) in [6.07, 6.45) is 3.33. The minimum atomic E-state index is -1.03. The van der Waals surface area contributed by atoms with Crippen molar-refractivity contribution in [2.75, 3.05) is 13.1 Å². The molecular formula is C19H25ClN4O3. The van der Waals surface area contributed by atoms with Crippen LogP contribution in [0.2, 0.25) is 0 Å². The second kappa shape index (κ2) is 6.80. The fourth-order valence-corrected chi connectivity index (χ4v) is 4.28. The summed E-state index contributed by atoms with van der Waals surface area (Å²) in [7, 11) is 0. The third-order valence-electron chi connectivity index (χ3n) is 6.05. The Morgan fingerprint density at radius 3 is 2.74 bits per heavy atom. The maximum absolute atomic E-state index is 13.1. The Balaban J connectivity index is 0.00000210. The van der Waals surface area contributed by atoms with Gasteiger partial charge in [0.05, 0.1) is 5.54 Å². The molecule has 27 heavy (non-hydrogen) atoms. The maximum Gasteiger partial charge on any atom is 0.325 e. The largest absolute Gasteiger partial charge is 0.348 e. The van der Waals surface area contributed by atoms with E-state index in [2.05, 4.69) is 10.6 Å². The molecule has 2 unspecified atom stereocenters. The van der Waals surface area contributed by atoms with E-state index in [1.54, 1.807) is 0 Å². The Morgan fingerprint density at radius 2 is 2.07 bits per heavy atom. The first-order chi connectivity index (χ1) is 12.4. The number of benzene rings is 1. The van der Waals surface area contributed by atoms with E-state index in [-0.39, 0.29) is 30.8 Å². The van der Waals surface area contributed by atoms with Crippen molar-refractivity contribution in [3.05, 3.63) is 35.4 Å². The van der Waals surface area contributed by atoms with Crippen LogP contribution in [-0.4, -0.2) is 41.4 Å². The number of fused-ring (bicyclic) bond motifs is 2. The molecule has 4 amide bonds. The Hall–Kier alpha value is -2.12. The van der Waals surface area contributed by atoms with Gasteiger partial charge in [-0.15, -0.1) is 12.4 Å². The minimum absolute atomic E-state index is 0. The standard InChI is InChI=1S/C19H24N4O3.ClH/c1-18(11-20,13-6-7-13)21-15(24)10-23-16(25)19(22-17(23)26)9-8-12-4-2-3-5-14(12)19;/h2-5,13H,6-11,20H2,1H3,(H,21,24)(H,22,26);1H. The van der Waals surface area contributed by atoms with E-state index in [0.29, 0.717) is 18.9 Å². The minimum Gasteiger partial charge on any atom is -0.348 e. The van der Waals surface area contributed by atoms with Crippen LogP contribution in [0.15, 0.2) is 24.3 Å². The number of imide groups is 1. The number of hydrogen-bond acceptors (Lipinski definition) is 4. The molecule has 146 valence electrons. The van der Waals surface area contributed by atoms with Gasteiger partial charge < -0.3 is 16.4 Å².